The number of benzene rings is 1. The molecule has 1 aromatic carbocycles. The minimum atomic E-state index is -3.56. The van der Waals surface area contributed by atoms with Gasteiger partial charge >= 0.3 is 0 Å². The Labute approximate surface area is 98.6 Å². The Balaban J connectivity index is 2.94. The number of ether oxygens (including phenoxy) is 1. The minimum Gasteiger partial charge on any atom is -0.496 e. The largest absolute Gasteiger partial charge is 0.496 e. The second kappa shape index (κ2) is 5.01. The van der Waals surface area contributed by atoms with Gasteiger partial charge in [0, 0.05) is 16.2 Å². The molecule has 0 fully saturated rings. The third kappa shape index (κ3) is 3.64. The van der Waals surface area contributed by atoms with Gasteiger partial charge in [-0.05, 0) is 31.0 Å². The molecule has 0 atom stereocenters. The lowest BCUT2D eigenvalue weighted by atomic mass is 10.1. The molecular weight excluding hydrogens is 255 g/mol. The third-order valence-electron chi connectivity index (χ3n) is 2.21. The van der Waals surface area contributed by atoms with Crippen LogP contribution < -0.4 is 4.74 Å². The maximum absolute atomic E-state index is 13.4. The molecule has 0 saturated carbocycles. The number of halogens is 2. The van der Waals surface area contributed by atoms with Crippen molar-refractivity contribution in [2.75, 3.05) is 12.9 Å². The number of hydrogen-bond donors (Lipinski definition) is 0. The molecule has 3 nitrogen and oxygen atoms in total. The van der Waals surface area contributed by atoms with E-state index in [2.05, 4.69) is 0 Å². The summed E-state index contributed by atoms with van der Waals surface area (Å²) < 4.78 is 39.9. The van der Waals surface area contributed by atoms with Gasteiger partial charge in [-0.25, -0.2) is 12.8 Å². The van der Waals surface area contributed by atoms with Crippen LogP contribution in [-0.2, 0) is 15.5 Å². The Hall–Kier alpha value is -0.810. The maximum Gasteiger partial charge on any atom is 0.232 e. The van der Waals surface area contributed by atoms with E-state index in [1.165, 1.54) is 13.2 Å². The Morgan fingerprint density at radius 1 is 1.44 bits per heavy atom. The van der Waals surface area contributed by atoms with Gasteiger partial charge in [0.05, 0.1) is 12.9 Å². The van der Waals surface area contributed by atoms with Crippen LogP contribution in [0.1, 0.15) is 11.1 Å². The highest BCUT2D eigenvalue weighted by Crippen LogP contribution is 2.23. The first-order valence-electron chi connectivity index (χ1n) is 4.59. The predicted octanol–water partition coefficient (Wildman–Crippen LogP) is 2.25. The first-order valence-corrected chi connectivity index (χ1v) is 7.06. The summed E-state index contributed by atoms with van der Waals surface area (Å²) in [6.45, 7) is 1.59. The third-order valence-corrected chi connectivity index (χ3v) is 3.37. The molecule has 0 aromatic heterocycles. The molecule has 0 saturated heterocycles. The van der Waals surface area contributed by atoms with E-state index < -0.39 is 14.9 Å². The molecular formula is C10H12ClFO3S. The van der Waals surface area contributed by atoms with E-state index in [1.54, 1.807) is 13.0 Å². The zero-order chi connectivity index (χ0) is 12.3. The monoisotopic (exact) mass is 266 g/mol. The SMILES string of the molecule is COc1cc(CCS(=O)(=O)Cl)cc(F)c1C. The van der Waals surface area contributed by atoms with Crippen molar-refractivity contribution >= 4 is 19.7 Å². The van der Waals surface area contributed by atoms with Gasteiger partial charge in [0.2, 0.25) is 9.05 Å². The van der Waals surface area contributed by atoms with Gasteiger partial charge in [0.1, 0.15) is 11.6 Å². The molecule has 0 N–H and O–H groups in total. The molecule has 0 unspecified atom stereocenters. The Morgan fingerprint density at radius 2 is 2.06 bits per heavy atom. The standard InChI is InChI=1S/C10H12ClFO3S/c1-7-9(12)5-8(6-10(7)15-2)3-4-16(11,13)14/h5-6H,3-4H2,1-2H3. The summed E-state index contributed by atoms with van der Waals surface area (Å²) in [7, 11) is 2.95. The van der Waals surface area contributed by atoms with Gasteiger partial charge in [-0.1, -0.05) is 0 Å². The van der Waals surface area contributed by atoms with Crippen LogP contribution in [0, 0.1) is 12.7 Å². The van der Waals surface area contributed by atoms with Crippen molar-refractivity contribution in [3.05, 3.63) is 29.1 Å². The van der Waals surface area contributed by atoms with E-state index >= 15 is 0 Å². The molecule has 1 rings (SSSR count). The molecule has 0 spiro atoms. The van der Waals surface area contributed by atoms with Gasteiger partial charge in [0.25, 0.3) is 0 Å². The van der Waals surface area contributed by atoms with Crippen molar-refractivity contribution in [3.8, 4) is 5.75 Å². The lowest BCUT2D eigenvalue weighted by molar-refractivity contribution is 0.406. The minimum absolute atomic E-state index is 0.166. The van der Waals surface area contributed by atoms with Crippen LogP contribution >= 0.6 is 10.7 Å². The van der Waals surface area contributed by atoms with E-state index in [0.29, 0.717) is 16.9 Å². The van der Waals surface area contributed by atoms with E-state index in [4.69, 9.17) is 15.4 Å². The lowest BCUT2D eigenvalue weighted by Gasteiger charge is -2.08. The summed E-state index contributed by atoms with van der Waals surface area (Å²) in [4.78, 5) is 0. The van der Waals surface area contributed by atoms with Crippen molar-refractivity contribution in [1.29, 1.82) is 0 Å². The van der Waals surface area contributed by atoms with Crippen LogP contribution in [0.5, 0.6) is 5.75 Å². The van der Waals surface area contributed by atoms with Gasteiger partial charge in [-0.15, -0.1) is 0 Å². The maximum atomic E-state index is 13.4. The normalized spacial score (nSPS) is 11.5. The molecule has 0 amide bonds. The van der Waals surface area contributed by atoms with Crippen LogP contribution in [0.4, 0.5) is 4.39 Å². The molecule has 0 aliphatic carbocycles. The van der Waals surface area contributed by atoms with Gasteiger partial charge < -0.3 is 4.74 Å². The quantitative estimate of drug-likeness (QED) is 0.785. The molecule has 6 heteroatoms. The Morgan fingerprint density at radius 3 is 2.56 bits per heavy atom. The number of methoxy groups -OCH3 is 1. The zero-order valence-electron chi connectivity index (χ0n) is 8.96. The van der Waals surface area contributed by atoms with E-state index in [-0.39, 0.29) is 12.2 Å². The molecule has 0 radical (unpaired) electrons. The molecule has 0 bridgehead atoms. The average Bonchev–Trinajstić information content (AvgIpc) is 2.18. The van der Waals surface area contributed by atoms with Crippen LogP contribution in [0.15, 0.2) is 12.1 Å². The molecule has 1 aromatic rings. The first kappa shape index (κ1) is 13.3. The Bertz CT molecular complexity index is 485. The molecule has 0 aliphatic heterocycles. The highest BCUT2D eigenvalue weighted by molar-refractivity contribution is 8.13. The molecule has 16 heavy (non-hydrogen) atoms. The van der Waals surface area contributed by atoms with Crippen LogP contribution in [0.3, 0.4) is 0 Å². The van der Waals surface area contributed by atoms with Crippen molar-refractivity contribution in [2.45, 2.75) is 13.3 Å². The van der Waals surface area contributed by atoms with Crippen molar-refractivity contribution in [3.63, 3.8) is 0 Å². The highest BCUT2D eigenvalue weighted by Gasteiger charge is 2.10. The van der Waals surface area contributed by atoms with E-state index in [0.717, 1.165) is 0 Å². The van der Waals surface area contributed by atoms with Crippen molar-refractivity contribution in [1.82, 2.24) is 0 Å². The fourth-order valence-corrected chi connectivity index (χ4v) is 2.01. The van der Waals surface area contributed by atoms with Crippen LogP contribution in [0.25, 0.3) is 0 Å². The molecule has 0 aliphatic rings. The highest BCUT2D eigenvalue weighted by atomic mass is 35.7. The summed E-state index contributed by atoms with van der Waals surface area (Å²) in [6, 6.07) is 2.90. The fraction of sp³-hybridized carbons (Fsp3) is 0.400. The summed E-state index contributed by atoms with van der Waals surface area (Å²) in [5.41, 5.74) is 0.948. The van der Waals surface area contributed by atoms with E-state index in [9.17, 15) is 12.8 Å². The average molecular weight is 267 g/mol. The smallest absolute Gasteiger partial charge is 0.232 e. The van der Waals surface area contributed by atoms with E-state index in [1.807, 2.05) is 0 Å². The summed E-state index contributed by atoms with van der Waals surface area (Å²) >= 11 is 0. The lowest BCUT2D eigenvalue weighted by Crippen LogP contribution is -2.02. The number of rotatable bonds is 4. The molecule has 90 valence electrons. The van der Waals surface area contributed by atoms with Crippen molar-refractivity contribution in [2.24, 2.45) is 0 Å². The number of hydrogen-bond acceptors (Lipinski definition) is 3. The molecule has 0 heterocycles. The Kier molecular flexibility index (Phi) is 4.15. The van der Waals surface area contributed by atoms with Crippen LogP contribution in [0.2, 0.25) is 0 Å². The van der Waals surface area contributed by atoms with Gasteiger partial charge in [-0.2, -0.15) is 0 Å². The first-order chi connectivity index (χ1) is 7.33. The second-order valence-electron chi connectivity index (χ2n) is 3.40. The second-order valence-corrected chi connectivity index (χ2v) is 6.29. The van der Waals surface area contributed by atoms with Gasteiger partial charge in [0.15, 0.2) is 0 Å². The fourth-order valence-electron chi connectivity index (χ4n) is 1.30. The predicted molar refractivity (Wildman–Crippen MR) is 61.0 cm³/mol. The van der Waals surface area contributed by atoms with Gasteiger partial charge in [-0.3, -0.25) is 0 Å². The zero-order valence-corrected chi connectivity index (χ0v) is 10.5. The van der Waals surface area contributed by atoms with Crippen molar-refractivity contribution < 1.29 is 17.5 Å². The summed E-state index contributed by atoms with van der Waals surface area (Å²) in [6.07, 6.45) is 0.166. The topological polar surface area (TPSA) is 43.4 Å². The number of aryl methyl sites for hydroxylation is 1. The summed E-state index contributed by atoms with van der Waals surface area (Å²) in [5.74, 6) is -0.233. The van der Waals surface area contributed by atoms with Crippen LogP contribution in [-0.4, -0.2) is 21.3 Å². The summed E-state index contributed by atoms with van der Waals surface area (Å²) in [5, 5.41) is 0.